The highest BCUT2D eigenvalue weighted by molar-refractivity contribution is 5.41. The lowest BCUT2D eigenvalue weighted by atomic mass is 10.1. The fourth-order valence-electron chi connectivity index (χ4n) is 2.15. The average Bonchev–Trinajstić information content (AvgIpc) is 2.41. The molecule has 106 valence electrons. The smallest absolute Gasteiger partial charge is 0.127 e. The van der Waals surface area contributed by atoms with Crippen LogP contribution < -0.4 is 5.73 Å². The number of aliphatic hydroxyl groups is 1. The van der Waals surface area contributed by atoms with Gasteiger partial charge < -0.3 is 10.8 Å². The zero-order valence-corrected chi connectivity index (χ0v) is 11.5. The molecule has 2 aromatic carbocycles. The molecule has 3 N–H and O–H groups in total. The number of aliphatic hydroxyl groups excluding tert-OH is 1. The predicted molar refractivity (Wildman–Crippen MR) is 78.5 cm³/mol. The van der Waals surface area contributed by atoms with Crippen molar-refractivity contribution in [3.05, 3.63) is 65.5 Å². The molecule has 0 aliphatic carbocycles. The highest BCUT2D eigenvalue weighted by atomic mass is 19.1. The normalized spacial score (nSPS) is 12.6. The van der Waals surface area contributed by atoms with Crippen molar-refractivity contribution in [2.24, 2.45) is 0 Å². The summed E-state index contributed by atoms with van der Waals surface area (Å²) in [4.78, 5) is 1.88. The first-order valence-electron chi connectivity index (χ1n) is 6.51. The van der Waals surface area contributed by atoms with Crippen molar-refractivity contribution in [2.75, 3.05) is 19.3 Å². The summed E-state index contributed by atoms with van der Waals surface area (Å²) in [5, 5.41) is 10.2. The molecule has 2 aromatic rings. The quantitative estimate of drug-likeness (QED) is 0.824. The molecule has 0 aliphatic heterocycles. The number of nitrogen functional groups attached to an aromatic ring is 1. The number of rotatable bonds is 5. The van der Waals surface area contributed by atoms with Crippen LogP contribution in [0.1, 0.15) is 17.2 Å². The van der Waals surface area contributed by atoms with Crippen molar-refractivity contribution in [3.8, 4) is 0 Å². The number of nitrogens with two attached hydrogens (primary N) is 1. The van der Waals surface area contributed by atoms with E-state index in [2.05, 4.69) is 0 Å². The minimum atomic E-state index is -0.643. The summed E-state index contributed by atoms with van der Waals surface area (Å²) in [6.45, 7) is 0.865. The maximum Gasteiger partial charge on any atom is 0.127 e. The van der Waals surface area contributed by atoms with E-state index in [-0.39, 0.29) is 5.82 Å². The number of likely N-dealkylation sites (N-methyl/N-ethyl adjacent to an activating group) is 1. The third-order valence-electron chi connectivity index (χ3n) is 3.18. The van der Waals surface area contributed by atoms with Crippen molar-refractivity contribution in [2.45, 2.75) is 12.6 Å². The van der Waals surface area contributed by atoms with Crippen molar-refractivity contribution in [1.29, 1.82) is 0 Å². The summed E-state index contributed by atoms with van der Waals surface area (Å²) < 4.78 is 13.6. The van der Waals surface area contributed by atoms with Crippen LogP contribution in [0.4, 0.5) is 10.1 Å². The van der Waals surface area contributed by atoms with Crippen molar-refractivity contribution in [3.63, 3.8) is 0 Å². The maximum absolute atomic E-state index is 13.6. The highest BCUT2D eigenvalue weighted by Gasteiger charge is 2.12. The first kappa shape index (κ1) is 14.5. The van der Waals surface area contributed by atoms with E-state index in [1.54, 1.807) is 30.3 Å². The molecule has 3 nitrogen and oxygen atoms in total. The molecule has 0 fully saturated rings. The van der Waals surface area contributed by atoms with E-state index < -0.39 is 6.10 Å². The Morgan fingerprint density at radius 3 is 2.65 bits per heavy atom. The lowest BCUT2D eigenvalue weighted by molar-refractivity contribution is 0.123. The molecule has 0 aliphatic rings. The molecule has 0 radical (unpaired) electrons. The number of hydrogen-bond donors (Lipinski definition) is 2. The maximum atomic E-state index is 13.6. The predicted octanol–water partition coefficient (Wildman–Crippen LogP) is 2.57. The SMILES string of the molecule is CN(Cc1ccccc1F)CC(O)c1cccc(N)c1. The summed E-state index contributed by atoms with van der Waals surface area (Å²) in [6, 6.07) is 13.8. The second kappa shape index (κ2) is 6.50. The molecular weight excluding hydrogens is 255 g/mol. The average molecular weight is 274 g/mol. The standard InChI is InChI=1S/C16H19FN2O/c1-19(10-13-5-2-3-8-15(13)17)11-16(20)12-6-4-7-14(18)9-12/h2-9,16,20H,10-11,18H2,1H3. The molecule has 2 rings (SSSR count). The van der Waals surface area contributed by atoms with Gasteiger partial charge >= 0.3 is 0 Å². The molecule has 0 saturated heterocycles. The van der Waals surface area contributed by atoms with E-state index in [4.69, 9.17) is 5.73 Å². The zero-order valence-electron chi connectivity index (χ0n) is 11.5. The summed E-state index contributed by atoms with van der Waals surface area (Å²) in [5.74, 6) is -0.224. The summed E-state index contributed by atoms with van der Waals surface area (Å²) >= 11 is 0. The number of nitrogens with zero attached hydrogens (tertiary/aromatic N) is 1. The Morgan fingerprint density at radius 2 is 1.95 bits per heavy atom. The molecule has 20 heavy (non-hydrogen) atoms. The highest BCUT2D eigenvalue weighted by Crippen LogP contribution is 2.18. The molecule has 0 saturated carbocycles. The minimum absolute atomic E-state index is 0.224. The second-order valence-electron chi connectivity index (χ2n) is 4.97. The van der Waals surface area contributed by atoms with Gasteiger partial charge in [-0.15, -0.1) is 0 Å². The number of hydrogen-bond acceptors (Lipinski definition) is 3. The fraction of sp³-hybridized carbons (Fsp3) is 0.250. The van der Waals surface area contributed by atoms with Gasteiger partial charge in [0.25, 0.3) is 0 Å². The van der Waals surface area contributed by atoms with Crippen LogP contribution in [0.25, 0.3) is 0 Å². The summed E-state index contributed by atoms with van der Waals surface area (Å²) in [7, 11) is 1.85. The van der Waals surface area contributed by atoms with E-state index in [9.17, 15) is 9.50 Å². The van der Waals surface area contributed by atoms with Gasteiger partial charge in [0, 0.05) is 24.3 Å². The van der Waals surface area contributed by atoms with Gasteiger partial charge in [0.05, 0.1) is 6.10 Å². The van der Waals surface area contributed by atoms with Crippen LogP contribution in [0.2, 0.25) is 0 Å². The lowest BCUT2D eigenvalue weighted by Crippen LogP contribution is -2.24. The Labute approximate surface area is 118 Å². The molecular formula is C16H19FN2O. The van der Waals surface area contributed by atoms with E-state index in [1.165, 1.54) is 6.07 Å². The molecule has 0 amide bonds. The van der Waals surface area contributed by atoms with Crippen molar-refractivity contribution >= 4 is 5.69 Å². The van der Waals surface area contributed by atoms with Gasteiger partial charge in [0.15, 0.2) is 0 Å². The largest absolute Gasteiger partial charge is 0.399 e. The van der Waals surface area contributed by atoms with Gasteiger partial charge in [-0.25, -0.2) is 4.39 Å². The Balaban J connectivity index is 1.98. The number of benzene rings is 2. The second-order valence-corrected chi connectivity index (χ2v) is 4.97. The third-order valence-corrected chi connectivity index (χ3v) is 3.18. The monoisotopic (exact) mass is 274 g/mol. The molecule has 1 atom stereocenters. The van der Waals surface area contributed by atoms with E-state index >= 15 is 0 Å². The summed E-state index contributed by atoms with van der Waals surface area (Å²) in [6.07, 6.45) is -0.643. The van der Waals surface area contributed by atoms with Crippen LogP contribution in [-0.2, 0) is 6.54 Å². The molecule has 0 bridgehead atoms. The van der Waals surface area contributed by atoms with Gasteiger partial charge in [-0.1, -0.05) is 30.3 Å². The first-order chi connectivity index (χ1) is 9.56. The van der Waals surface area contributed by atoms with Gasteiger partial charge in [0.2, 0.25) is 0 Å². The first-order valence-corrected chi connectivity index (χ1v) is 6.51. The van der Waals surface area contributed by atoms with Crippen molar-refractivity contribution < 1.29 is 9.50 Å². The Bertz CT molecular complexity index is 574. The van der Waals surface area contributed by atoms with Gasteiger partial charge in [-0.2, -0.15) is 0 Å². The van der Waals surface area contributed by atoms with Crippen LogP contribution >= 0.6 is 0 Å². The van der Waals surface area contributed by atoms with Gasteiger partial charge in [0.1, 0.15) is 5.82 Å². The third kappa shape index (κ3) is 3.79. The fourth-order valence-corrected chi connectivity index (χ4v) is 2.15. The van der Waals surface area contributed by atoms with E-state index in [0.29, 0.717) is 24.3 Å². The minimum Gasteiger partial charge on any atom is -0.399 e. The van der Waals surface area contributed by atoms with Crippen LogP contribution in [0.5, 0.6) is 0 Å². The topological polar surface area (TPSA) is 49.5 Å². The van der Waals surface area contributed by atoms with Gasteiger partial charge in [-0.05, 0) is 30.8 Å². The Kier molecular flexibility index (Phi) is 4.71. The number of anilines is 1. The Hall–Kier alpha value is -1.91. The Morgan fingerprint density at radius 1 is 1.20 bits per heavy atom. The van der Waals surface area contributed by atoms with Crippen LogP contribution in [0.3, 0.4) is 0 Å². The van der Waals surface area contributed by atoms with Crippen LogP contribution in [-0.4, -0.2) is 23.6 Å². The zero-order chi connectivity index (χ0) is 14.5. The van der Waals surface area contributed by atoms with Crippen LogP contribution in [0.15, 0.2) is 48.5 Å². The summed E-state index contributed by atoms with van der Waals surface area (Å²) in [5.41, 5.74) is 7.71. The van der Waals surface area contributed by atoms with Gasteiger partial charge in [-0.3, -0.25) is 4.90 Å². The molecule has 4 heteroatoms. The molecule has 0 spiro atoms. The van der Waals surface area contributed by atoms with E-state index in [0.717, 1.165) is 5.56 Å². The molecule has 1 unspecified atom stereocenters. The number of halogens is 1. The van der Waals surface area contributed by atoms with Crippen LogP contribution in [0, 0.1) is 5.82 Å². The van der Waals surface area contributed by atoms with E-state index in [1.807, 2.05) is 24.1 Å². The van der Waals surface area contributed by atoms with Crippen molar-refractivity contribution in [1.82, 2.24) is 4.90 Å². The molecule has 0 heterocycles. The molecule has 0 aromatic heterocycles. The lowest BCUT2D eigenvalue weighted by Gasteiger charge is -2.21.